The van der Waals surface area contributed by atoms with Gasteiger partial charge in [-0.2, -0.15) is 0 Å². The Morgan fingerprint density at radius 1 is 0.973 bits per heavy atom. The zero-order chi connectivity index (χ0) is 26.2. The van der Waals surface area contributed by atoms with Crippen molar-refractivity contribution in [1.29, 1.82) is 0 Å². The molecule has 2 aromatic rings. The van der Waals surface area contributed by atoms with Crippen LogP contribution < -0.4 is 14.5 Å². The maximum absolute atomic E-state index is 13.4. The van der Waals surface area contributed by atoms with Crippen LogP contribution >= 0.6 is 43.5 Å². The molecule has 0 radical (unpaired) electrons. The van der Waals surface area contributed by atoms with Gasteiger partial charge < -0.3 is 9.64 Å². The molecule has 0 unspecified atom stereocenters. The smallest absolute Gasteiger partial charge is 0.316 e. The van der Waals surface area contributed by atoms with E-state index in [1.165, 1.54) is 9.80 Å². The molecule has 6 rings (SSSR count). The van der Waals surface area contributed by atoms with Gasteiger partial charge >= 0.3 is 5.97 Å². The Hall–Kier alpha value is -2.23. The van der Waals surface area contributed by atoms with Crippen LogP contribution in [0.15, 0.2) is 42.5 Å². The normalized spacial score (nSPS) is 32.4. The first-order valence-corrected chi connectivity index (χ1v) is 14.4. The number of anilines is 2. The van der Waals surface area contributed by atoms with Crippen LogP contribution in [-0.4, -0.2) is 39.9 Å². The van der Waals surface area contributed by atoms with Crippen molar-refractivity contribution in [2.24, 2.45) is 29.6 Å². The molecular weight excluding hydrogens is 628 g/mol. The fourth-order valence-corrected chi connectivity index (χ4v) is 8.61. The number of esters is 1. The van der Waals surface area contributed by atoms with E-state index in [-0.39, 0.29) is 64.0 Å². The predicted octanol–water partition coefficient (Wildman–Crippen LogP) is 4.89. The largest absolute Gasteiger partial charge is 0.426 e. The minimum atomic E-state index is -0.630. The van der Waals surface area contributed by atoms with Gasteiger partial charge in [0.2, 0.25) is 17.7 Å². The van der Waals surface area contributed by atoms with Gasteiger partial charge in [0.15, 0.2) is 0 Å². The molecule has 0 N–H and O–H groups in total. The van der Waals surface area contributed by atoms with Crippen LogP contribution in [0, 0.1) is 36.5 Å². The zero-order valence-electron chi connectivity index (χ0n) is 19.8. The van der Waals surface area contributed by atoms with E-state index in [1.807, 2.05) is 0 Å². The third-order valence-electron chi connectivity index (χ3n) is 8.22. The van der Waals surface area contributed by atoms with Crippen LogP contribution in [0.4, 0.5) is 11.4 Å². The second-order valence-corrected chi connectivity index (χ2v) is 12.8. The fraction of sp³-hybridized carbons (Fsp3) is 0.407. The minimum Gasteiger partial charge on any atom is -0.426 e. The summed E-state index contributed by atoms with van der Waals surface area (Å²) in [5.74, 6) is -1.65. The van der Waals surface area contributed by atoms with Gasteiger partial charge in [-0.25, -0.2) is 4.90 Å². The first-order valence-electron chi connectivity index (χ1n) is 12.2. The highest BCUT2D eigenvalue weighted by Gasteiger charge is 2.66. The van der Waals surface area contributed by atoms with Crippen LogP contribution in [0.25, 0.3) is 0 Å². The topological polar surface area (TPSA) is 84.0 Å². The van der Waals surface area contributed by atoms with Crippen molar-refractivity contribution in [3.8, 4) is 5.75 Å². The third-order valence-corrected chi connectivity index (χ3v) is 11.7. The first-order chi connectivity index (χ1) is 17.7. The summed E-state index contributed by atoms with van der Waals surface area (Å²) in [5.41, 5.74) is 1.74. The molecule has 192 valence electrons. The van der Waals surface area contributed by atoms with E-state index in [0.29, 0.717) is 27.7 Å². The van der Waals surface area contributed by atoms with Crippen molar-refractivity contribution < 1.29 is 23.9 Å². The SMILES string of the molecule is Cc1cc(OC(=O)[C@@H]2CC(=O)N(c3ccccc3Cl)C2)ccc1N1C(=O)[C@@H]2[C@H]3C[C@@H]([C@H](Br)[C@H]3Br)[C@H]2C1=O. The highest BCUT2D eigenvalue weighted by Crippen LogP contribution is 2.60. The molecule has 4 fully saturated rings. The molecule has 3 amide bonds. The maximum Gasteiger partial charge on any atom is 0.316 e. The second kappa shape index (κ2) is 9.20. The number of imide groups is 1. The fourth-order valence-electron chi connectivity index (χ4n) is 6.50. The van der Waals surface area contributed by atoms with Crippen molar-refractivity contribution in [2.45, 2.75) is 29.4 Å². The predicted molar refractivity (Wildman–Crippen MR) is 145 cm³/mol. The number of fused-ring (bicyclic) bond motifs is 5. The molecule has 0 aromatic heterocycles. The first kappa shape index (κ1) is 25.1. The van der Waals surface area contributed by atoms with E-state index < -0.39 is 11.9 Å². The lowest BCUT2D eigenvalue weighted by Gasteiger charge is -2.28. The number of rotatable bonds is 4. The second-order valence-electron chi connectivity index (χ2n) is 10.2. The van der Waals surface area contributed by atoms with Gasteiger partial charge in [0.1, 0.15) is 5.75 Å². The summed E-state index contributed by atoms with van der Waals surface area (Å²) in [6.45, 7) is 1.97. The Morgan fingerprint density at radius 3 is 2.24 bits per heavy atom. The molecule has 2 heterocycles. The highest BCUT2D eigenvalue weighted by molar-refractivity contribution is 9.12. The highest BCUT2D eigenvalue weighted by atomic mass is 79.9. The van der Waals surface area contributed by atoms with Crippen molar-refractivity contribution in [3.05, 3.63) is 53.1 Å². The van der Waals surface area contributed by atoms with E-state index >= 15 is 0 Å². The van der Waals surface area contributed by atoms with Crippen LogP contribution in [0.2, 0.25) is 5.02 Å². The Kier molecular flexibility index (Phi) is 6.24. The standard InChI is InChI=1S/C27H23Br2ClN2O5/c1-12-8-14(37-27(36)13-9-20(33)31(11-13)19-5-3-2-4-17(19)30)6-7-18(12)32-25(34)21-15-10-16(22(21)26(32)35)24(29)23(15)28/h2-8,13,15-16,21-24H,9-11H2,1H3/t13-,15-,16-,21-,22-,23+,24+/m1/s1. The van der Waals surface area contributed by atoms with E-state index in [0.717, 1.165) is 6.42 Å². The molecule has 2 saturated carbocycles. The molecule has 2 bridgehead atoms. The molecule has 37 heavy (non-hydrogen) atoms. The molecule has 2 aliphatic carbocycles. The van der Waals surface area contributed by atoms with Crippen molar-refractivity contribution in [3.63, 3.8) is 0 Å². The Bertz CT molecular complexity index is 1320. The lowest BCUT2D eigenvalue weighted by molar-refractivity contribution is -0.139. The van der Waals surface area contributed by atoms with Gasteiger partial charge in [-0.15, -0.1) is 0 Å². The summed E-state index contributed by atoms with van der Waals surface area (Å²) in [5, 5.41) is 0.442. The van der Waals surface area contributed by atoms with Gasteiger partial charge in [0, 0.05) is 22.6 Å². The van der Waals surface area contributed by atoms with E-state index in [1.54, 1.807) is 49.4 Å². The van der Waals surface area contributed by atoms with Crippen molar-refractivity contribution in [1.82, 2.24) is 0 Å². The molecule has 7 atom stereocenters. The van der Waals surface area contributed by atoms with Gasteiger partial charge in [0.25, 0.3) is 0 Å². The Balaban J connectivity index is 1.17. The van der Waals surface area contributed by atoms with Crippen molar-refractivity contribution >= 4 is 78.5 Å². The number of benzene rings is 2. The van der Waals surface area contributed by atoms with Crippen molar-refractivity contribution in [2.75, 3.05) is 16.3 Å². The van der Waals surface area contributed by atoms with Gasteiger partial charge in [0.05, 0.1) is 34.2 Å². The molecule has 7 nitrogen and oxygen atoms in total. The molecule has 4 aliphatic rings. The van der Waals surface area contributed by atoms with Gasteiger partial charge in [-0.05, 0) is 61.1 Å². The number of carbonyl (C=O) groups excluding carboxylic acids is 4. The quantitative estimate of drug-likeness (QED) is 0.204. The number of nitrogens with zero attached hydrogens (tertiary/aromatic N) is 2. The summed E-state index contributed by atoms with van der Waals surface area (Å²) < 4.78 is 5.61. The van der Waals surface area contributed by atoms with Gasteiger partial charge in [-0.3, -0.25) is 19.2 Å². The molecule has 0 spiro atoms. The maximum atomic E-state index is 13.4. The number of para-hydroxylation sites is 1. The summed E-state index contributed by atoms with van der Waals surface area (Å²) in [4.78, 5) is 55.4. The van der Waals surface area contributed by atoms with E-state index in [2.05, 4.69) is 31.9 Å². The van der Waals surface area contributed by atoms with Gasteiger partial charge in [-0.1, -0.05) is 55.6 Å². The number of hydrogen-bond donors (Lipinski definition) is 0. The number of halogens is 3. The molecule has 2 aliphatic heterocycles. The Morgan fingerprint density at radius 2 is 1.62 bits per heavy atom. The number of hydrogen-bond acceptors (Lipinski definition) is 5. The number of aryl methyl sites for hydroxylation is 1. The lowest BCUT2D eigenvalue weighted by Crippen LogP contribution is -2.37. The third kappa shape index (κ3) is 3.88. The summed E-state index contributed by atoms with van der Waals surface area (Å²) >= 11 is 13.7. The molecular formula is C27H23Br2ClN2O5. The number of ether oxygens (including phenoxy) is 1. The van der Waals surface area contributed by atoms with E-state index in [9.17, 15) is 19.2 Å². The monoisotopic (exact) mass is 648 g/mol. The molecule has 2 aromatic carbocycles. The summed E-state index contributed by atoms with van der Waals surface area (Å²) in [6, 6.07) is 11.9. The summed E-state index contributed by atoms with van der Waals surface area (Å²) in [6.07, 6.45) is 0.907. The van der Waals surface area contributed by atoms with Crippen LogP contribution in [0.5, 0.6) is 5.75 Å². The van der Waals surface area contributed by atoms with Crippen LogP contribution in [0.1, 0.15) is 18.4 Å². The number of carbonyl (C=O) groups is 4. The number of amides is 3. The van der Waals surface area contributed by atoms with E-state index in [4.69, 9.17) is 16.3 Å². The lowest BCUT2D eigenvalue weighted by atomic mass is 9.81. The summed E-state index contributed by atoms with van der Waals surface area (Å²) in [7, 11) is 0. The van der Waals surface area contributed by atoms with Crippen LogP contribution in [0.3, 0.4) is 0 Å². The average Bonchev–Trinajstić information content (AvgIpc) is 3.58. The van der Waals surface area contributed by atoms with Crippen LogP contribution in [-0.2, 0) is 19.2 Å². The average molecular weight is 651 g/mol. The number of alkyl halides is 2. The minimum absolute atomic E-state index is 0.0339. The Labute approximate surface area is 235 Å². The molecule has 10 heteroatoms. The molecule has 2 saturated heterocycles. The zero-order valence-corrected chi connectivity index (χ0v) is 23.7.